The molecule has 0 N–H and O–H groups in total. The molecule has 0 atom stereocenters. The number of amides is 1. The number of hydrogen-bond acceptors (Lipinski definition) is 3. The van der Waals surface area contributed by atoms with Gasteiger partial charge in [-0.15, -0.1) is 0 Å². The molecular weight excluding hydrogens is 338 g/mol. The normalized spacial score (nSPS) is 13.5. The molecule has 0 fully saturated rings. The number of benzene rings is 2. The lowest BCUT2D eigenvalue weighted by Crippen LogP contribution is -2.34. The molecule has 0 aromatic heterocycles. The summed E-state index contributed by atoms with van der Waals surface area (Å²) in [6, 6.07) is 14.1. The third kappa shape index (κ3) is 4.91. The topological polar surface area (TPSA) is 38.8 Å². The Morgan fingerprint density at radius 3 is 2.74 bits per heavy atom. The van der Waals surface area contributed by atoms with E-state index in [2.05, 4.69) is 25.1 Å². The van der Waals surface area contributed by atoms with Crippen molar-refractivity contribution in [3.8, 4) is 11.5 Å². The van der Waals surface area contributed by atoms with Crippen LogP contribution in [-0.4, -0.2) is 31.1 Å². The van der Waals surface area contributed by atoms with Crippen LogP contribution >= 0.6 is 0 Å². The fraction of sp³-hybridized carbons (Fsp3) is 0.348. The van der Waals surface area contributed by atoms with Crippen molar-refractivity contribution in [3.05, 3.63) is 65.2 Å². The molecule has 0 unspecified atom stereocenters. The Balaban J connectivity index is 1.64. The maximum absolute atomic E-state index is 12.6. The van der Waals surface area contributed by atoms with Gasteiger partial charge in [0, 0.05) is 19.2 Å². The van der Waals surface area contributed by atoms with Crippen molar-refractivity contribution >= 4 is 12.0 Å². The number of fused-ring (bicyclic) bond motifs is 1. The summed E-state index contributed by atoms with van der Waals surface area (Å²) in [5.74, 6) is 1.46. The number of hydrogen-bond donors (Lipinski definition) is 0. The van der Waals surface area contributed by atoms with Gasteiger partial charge in [0.15, 0.2) is 11.5 Å². The second kappa shape index (κ2) is 9.26. The molecule has 2 aromatic rings. The van der Waals surface area contributed by atoms with Crippen LogP contribution in [0.25, 0.3) is 6.08 Å². The minimum atomic E-state index is 0.0340. The van der Waals surface area contributed by atoms with E-state index in [9.17, 15) is 4.79 Å². The number of ether oxygens (including phenoxy) is 2. The van der Waals surface area contributed by atoms with E-state index in [4.69, 9.17) is 9.47 Å². The third-order valence-electron chi connectivity index (χ3n) is 4.80. The predicted octanol–water partition coefficient (Wildman–Crippen LogP) is 4.47. The minimum Gasteiger partial charge on any atom is -0.493 e. The molecule has 1 aliphatic rings. The highest BCUT2D eigenvalue weighted by atomic mass is 16.5. The molecule has 1 amide bonds. The molecule has 0 radical (unpaired) electrons. The van der Waals surface area contributed by atoms with Crippen LogP contribution in [0.1, 0.15) is 36.5 Å². The first-order valence-electron chi connectivity index (χ1n) is 9.56. The van der Waals surface area contributed by atoms with Gasteiger partial charge in [-0.25, -0.2) is 0 Å². The summed E-state index contributed by atoms with van der Waals surface area (Å²) in [7, 11) is 1.63. The summed E-state index contributed by atoms with van der Waals surface area (Å²) in [5.41, 5.74) is 3.50. The van der Waals surface area contributed by atoms with E-state index in [1.165, 1.54) is 11.1 Å². The van der Waals surface area contributed by atoms with Crippen molar-refractivity contribution < 1.29 is 14.3 Å². The fourth-order valence-electron chi connectivity index (χ4n) is 3.19. The first kappa shape index (κ1) is 19.0. The number of rotatable bonds is 7. The van der Waals surface area contributed by atoms with Crippen LogP contribution < -0.4 is 9.47 Å². The molecule has 0 saturated carbocycles. The second-order valence-corrected chi connectivity index (χ2v) is 6.72. The van der Waals surface area contributed by atoms with Gasteiger partial charge in [-0.2, -0.15) is 0 Å². The van der Waals surface area contributed by atoms with Gasteiger partial charge in [-0.3, -0.25) is 4.79 Å². The first-order valence-corrected chi connectivity index (χ1v) is 9.56. The minimum absolute atomic E-state index is 0.0340. The van der Waals surface area contributed by atoms with Crippen molar-refractivity contribution in [2.75, 3.05) is 20.3 Å². The van der Waals surface area contributed by atoms with Gasteiger partial charge in [0.05, 0.1) is 13.7 Å². The van der Waals surface area contributed by atoms with Gasteiger partial charge in [0.2, 0.25) is 5.91 Å². The van der Waals surface area contributed by atoms with Crippen LogP contribution in [0.2, 0.25) is 0 Å². The number of unbranched alkanes of at least 4 members (excludes halogenated alkanes) is 1. The summed E-state index contributed by atoms with van der Waals surface area (Å²) in [4.78, 5) is 14.4. The highest BCUT2D eigenvalue weighted by Crippen LogP contribution is 2.29. The molecular formula is C23H27NO3. The average molecular weight is 365 g/mol. The molecule has 1 heterocycles. The summed E-state index contributed by atoms with van der Waals surface area (Å²) < 4.78 is 11.2. The SMILES string of the molecule is CCCCOc1ccc(C=CC(=O)N2CCc3ccccc3C2)cc1OC. The largest absolute Gasteiger partial charge is 0.493 e. The van der Waals surface area contributed by atoms with Crippen LogP contribution in [0, 0.1) is 0 Å². The van der Waals surface area contributed by atoms with E-state index >= 15 is 0 Å². The first-order chi connectivity index (χ1) is 13.2. The van der Waals surface area contributed by atoms with Crippen molar-refractivity contribution in [2.24, 2.45) is 0 Å². The van der Waals surface area contributed by atoms with E-state index in [0.29, 0.717) is 18.9 Å². The lowest BCUT2D eigenvalue weighted by molar-refractivity contribution is -0.126. The van der Waals surface area contributed by atoms with Crippen LogP contribution in [-0.2, 0) is 17.8 Å². The Morgan fingerprint density at radius 1 is 1.15 bits per heavy atom. The third-order valence-corrected chi connectivity index (χ3v) is 4.80. The van der Waals surface area contributed by atoms with Gasteiger partial charge in [0.1, 0.15) is 0 Å². The predicted molar refractivity (Wildman–Crippen MR) is 108 cm³/mol. The summed E-state index contributed by atoms with van der Waals surface area (Å²) >= 11 is 0. The van der Waals surface area contributed by atoms with E-state index in [1.807, 2.05) is 35.2 Å². The standard InChI is InChI=1S/C23H27NO3/c1-3-4-15-27-21-11-9-18(16-22(21)26-2)10-12-23(25)24-14-13-19-7-5-6-8-20(19)17-24/h5-12,16H,3-4,13-15,17H2,1-2H3. The van der Waals surface area contributed by atoms with E-state index in [1.54, 1.807) is 13.2 Å². The molecule has 4 heteroatoms. The quantitative estimate of drug-likeness (QED) is 0.537. The lowest BCUT2D eigenvalue weighted by Gasteiger charge is -2.27. The van der Waals surface area contributed by atoms with Crippen molar-refractivity contribution in [1.29, 1.82) is 0 Å². The molecule has 3 rings (SSSR count). The van der Waals surface area contributed by atoms with E-state index in [-0.39, 0.29) is 5.91 Å². The fourth-order valence-corrected chi connectivity index (χ4v) is 3.19. The maximum atomic E-state index is 12.6. The van der Waals surface area contributed by atoms with Gasteiger partial charge in [-0.05, 0) is 47.7 Å². The molecule has 0 spiro atoms. The van der Waals surface area contributed by atoms with Gasteiger partial charge < -0.3 is 14.4 Å². The van der Waals surface area contributed by atoms with Crippen LogP contribution in [0.4, 0.5) is 0 Å². The number of nitrogens with zero attached hydrogens (tertiary/aromatic N) is 1. The zero-order valence-corrected chi connectivity index (χ0v) is 16.1. The summed E-state index contributed by atoms with van der Waals surface area (Å²) in [6.07, 6.45) is 6.49. The highest BCUT2D eigenvalue weighted by molar-refractivity contribution is 5.92. The molecule has 2 aromatic carbocycles. The number of carbonyl (C=O) groups is 1. The van der Waals surface area contributed by atoms with Gasteiger partial charge >= 0.3 is 0 Å². The zero-order valence-electron chi connectivity index (χ0n) is 16.1. The molecule has 142 valence electrons. The van der Waals surface area contributed by atoms with Crippen molar-refractivity contribution in [2.45, 2.75) is 32.7 Å². The number of carbonyl (C=O) groups excluding carboxylic acids is 1. The smallest absolute Gasteiger partial charge is 0.246 e. The molecule has 0 aliphatic carbocycles. The Morgan fingerprint density at radius 2 is 1.96 bits per heavy atom. The van der Waals surface area contributed by atoms with Crippen molar-refractivity contribution in [3.63, 3.8) is 0 Å². The van der Waals surface area contributed by atoms with E-state index in [0.717, 1.165) is 37.1 Å². The Labute approximate surface area is 161 Å². The van der Waals surface area contributed by atoms with Crippen LogP contribution in [0.3, 0.4) is 0 Å². The summed E-state index contributed by atoms with van der Waals surface area (Å²) in [5, 5.41) is 0. The average Bonchev–Trinajstić information content (AvgIpc) is 2.72. The molecule has 0 saturated heterocycles. The van der Waals surface area contributed by atoms with Crippen molar-refractivity contribution in [1.82, 2.24) is 4.90 Å². The highest BCUT2D eigenvalue weighted by Gasteiger charge is 2.18. The van der Waals surface area contributed by atoms with Gasteiger partial charge in [0.25, 0.3) is 0 Å². The summed E-state index contributed by atoms with van der Waals surface area (Å²) in [6.45, 7) is 4.24. The maximum Gasteiger partial charge on any atom is 0.246 e. The monoisotopic (exact) mass is 365 g/mol. The van der Waals surface area contributed by atoms with Gasteiger partial charge in [-0.1, -0.05) is 43.7 Å². The molecule has 1 aliphatic heterocycles. The second-order valence-electron chi connectivity index (χ2n) is 6.72. The Bertz CT molecular complexity index is 813. The van der Waals surface area contributed by atoms with Crippen LogP contribution in [0.5, 0.6) is 11.5 Å². The Kier molecular flexibility index (Phi) is 6.53. The van der Waals surface area contributed by atoms with Crippen LogP contribution in [0.15, 0.2) is 48.5 Å². The molecule has 27 heavy (non-hydrogen) atoms. The lowest BCUT2D eigenvalue weighted by atomic mass is 10.00. The van der Waals surface area contributed by atoms with E-state index < -0.39 is 0 Å². The molecule has 4 nitrogen and oxygen atoms in total. The Hall–Kier alpha value is -2.75. The zero-order chi connectivity index (χ0) is 19.1. The molecule has 0 bridgehead atoms. The number of methoxy groups -OCH3 is 1.